The first-order valence-electron chi connectivity index (χ1n) is 5.51. The third-order valence-corrected chi connectivity index (χ3v) is 3.92. The zero-order valence-electron chi connectivity index (χ0n) is 10.2. The molecule has 0 radical (unpaired) electrons. The number of hydrogen-bond donors (Lipinski definition) is 0. The Morgan fingerprint density at radius 2 is 2.18 bits per heavy atom. The zero-order valence-corrected chi connectivity index (χ0v) is 11.8. The highest BCUT2D eigenvalue weighted by Crippen LogP contribution is 2.21. The van der Waals surface area contributed by atoms with Crippen molar-refractivity contribution < 1.29 is 13.2 Å². The highest BCUT2D eigenvalue weighted by molar-refractivity contribution is 8.13. The standard InChI is InChI=1S/C10H17ClN2O3S/c1-4-8(3)16-7-9-10(17(11,14)15)6-12-13(9)5-2/h6,8H,4-5,7H2,1-3H3. The molecular formula is C10H17ClN2O3S. The van der Waals surface area contributed by atoms with Crippen LogP contribution < -0.4 is 0 Å². The van der Waals surface area contributed by atoms with Crippen molar-refractivity contribution in [3.63, 3.8) is 0 Å². The number of nitrogens with zero attached hydrogens (tertiary/aromatic N) is 2. The van der Waals surface area contributed by atoms with Crippen LogP contribution in [0.25, 0.3) is 0 Å². The maximum absolute atomic E-state index is 11.4. The van der Waals surface area contributed by atoms with E-state index in [0.29, 0.717) is 12.2 Å². The summed E-state index contributed by atoms with van der Waals surface area (Å²) in [7, 11) is 1.58. The Kier molecular flexibility index (Phi) is 4.97. The molecule has 0 amide bonds. The van der Waals surface area contributed by atoms with E-state index >= 15 is 0 Å². The van der Waals surface area contributed by atoms with Crippen LogP contribution in [0.4, 0.5) is 0 Å². The lowest BCUT2D eigenvalue weighted by Crippen LogP contribution is -2.12. The fourth-order valence-corrected chi connectivity index (χ4v) is 2.36. The van der Waals surface area contributed by atoms with Crippen LogP contribution in [0.3, 0.4) is 0 Å². The number of aromatic nitrogens is 2. The van der Waals surface area contributed by atoms with Crippen molar-refractivity contribution in [3.8, 4) is 0 Å². The number of rotatable bonds is 6. The second-order valence-electron chi connectivity index (χ2n) is 3.74. The number of aryl methyl sites for hydroxylation is 1. The molecule has 1 heterocycles. The minimum atomic E-state index is -3.77. The van der Waals surface area contributed by atoms with Crippen LogP contribution in [-0.2, 0) is 26.9 Å². The fourth-order valence-electron chi connectivity index (χ4n) is 1.35. The average Bonchev–Trinajstić information content (AvgIpc) is 2.68. The molecule has 1 unspecified atom stereocenters. The van der Waals surface area contributed by atoms with Crippen molar-refractivity contribution in [1.82, 2.24) is 9.78 Å². The number of halogens is 1. The predicted octanol–water partition coefficient (Wildman–Crippen LogP) is 2.15. The second kappa shape index (κ2) is 5.84. The minimum Gasteiger partial charge on any atom is -0.372 e. The normalized spacial score (nSPS) is 13.9. The van der Waals surface area contributed by atoms with E-state index in [4.69, 9.17) is 15.4 Å². The van der Waals surface area contributed by atoms with Crippen LogP contribution in [0.2, 0.25) is 0 Å². The maximum atomic E-state index is 11.4. The van der Waals surface area contributed by atoms with E-state index in [1.807, 2.05) is 20.8 Å². The first-order valence-corrected chi connectivity index (χ1v) is 7.82. The molecule has 17 heavy (non-hydrogen) atoms. The van der Waals surface area contributed by atoms with Crippen molar-refractivity contribution in [3.05, 3.63) is 11.9 Å². The number of ether oxygens (including phenoxy) is 1. The Labute approximate surface area is 106 Å². The van der Waals surface area contributed by atoms with E-state index in [1.54, 1.807) is 4.68 Å². The molecular weight excluding hydrogens is 264 g/mol. The summed E-state index contributed by atoms with van der Waals surface area (Å²) in [5, 5.41) is 3.98. The van der Waals surface area contributed by atoms with Gasteiger partial charge in [-0.3, -0.25) is 4.68 Å². The summed E-state index contributed by atoms with van der Waals surface area (Å²) in [5.74, 6) is 0. The van der Waals surface area contributed by atoms with Gasteiger partial charge in [-0.2, -0.15) is 5.10 Å². The molecule has 7 heteroatoms. The molecule has 5 nitrogen and oxygen atoms in total. The van der Waals surface area contributed by atoms with E-state index in [9.17, 15) is 8.42 Å². The Morgan fingerprint density at radius 3 is 2.65 bits per heavy atom. The first-order chi connectivity index (χ1) is 7.90. The molecule has 0 fully saturated rings. The summed E-state index contributed by atoms with van der Waals surface area (Å²) in [6.07, 6.45) is 2.20. The molecule has 98 valence electrons. The monoisotopic (exact) mass is 280 g/mol. The largest absolute Gasteiger partial charge is 0.372 e. The van der Waals surface area contributed by atoms with E-state index in [1.165, 1.54) is 6.20 Å². The van der Waals surface area contributed by atoms with E-state index < -0.39 is 9.05 Å². The Morgan fingerprint density at radius 1 is 1.53 bits per heavy atom. The molecule has 0 N–H and O–H groups in total. The SMILES string of the molecule is CCC(C)OCc1c(S(=O)(=O)Cl)cnn1CC. The van der Waals surface area contributed by atoms with Crippen LogP contribution in [0, 0.1) is 0 Å². The van der Waals surface area contributed by atoms with Gasteiger partial charge in [0.15, 0.2) is 0 Å². The molecule has 0 aliphatic carbocycles. The molecule has 0 spiro atoms. The lowest BCUT2D eigenvalue weighted by atomic mass is 10.3. The highest BCUT2D eigenvalue weighted by Gasteiger charge is 2.21. The topological polar surface area (TPSA) is 61.2 Å². The molecule has 1 rings (SSSR count). The van der Waals surface area contributed by atoms with E-state index in [-0.39, 0.29) is 17.6 Å². The fraction of sp³-hybridized carbons (Fsp3) is 0.700. The predicted molar refractivity (Wildman–Crippen MR) is 65.5 cm³/mol. The molecule has 1 aromatic rings. The van der Waals surface area contributed by atoms with Gasteiger partial charge in [0, 0.05) is 17.2 Å². The lowest BCUT2D eigenvalue weighted by Gasteiger charge is -2.12. The highest BCUT2D eigenvalue weighted by atomic mass is 35.7. The Hall–Kier alpha value is -0.590. The van der Waals surface area contributed by atoms with Gasteiger partial charge in [0.05, 0.1) is 24.6 Å². The van der Waals surface area contributed by atoms with Gasteiger partial charge in [0.2, 0.25) is 0 Å². The van der Waals surface area contributed by atoms with Crippen LogP contribution >= 0.6 is 10.7 Å². The van der Waals surface area contributed by atoms with Gasteiger partial charge in [-0.05, 0) is 20.3 Å². The Bertz CT molecular complexity index is 470. The van der Waals surface area contributed by atoms with Crippen molar-refractivity contribution in [2.45, 2.75) is 51.3 Å². The van der Waals surface area contributed by atoms with Gasteiger partial charge < -0.3 is 4.74 Å². The molecule has 0 saturated carbocycles. The van der Waals surface area contributed by atoms with Gasteiger partial charge in [0.25, 0.3) is 9.05 Å². The first kappa shape index (κ1) is 14.5. The van der Waals surface area contributed by atoms with E-state index in [0.717, 1.165) is 6.42 Å². The molecule has 1 atom stereocenters. The third-order valence-electron chi connectivity index (χ3n) is 2.55. The van der Waals surface area contributed by atoms with Crippen LogP contribution in [0.1, 0.15) is 32.9 Å². The van der Waals surface area contributed by atoms with Crippen molar-refractivity contribution in [2.75, 3.05) is 0 Å². The lowest BCUT2D eigenvalue weighted by molar-refractivity contribution is 0.0454. The summed E-state index contributed by atoms with van der Waals surface area (Å²) in [5.41, 5.74) is 0.503. The molecule has 0 bridgehead atoms. The summed E-state index contributed by atoms with van der Waals surface area (Å²) in [4.78, 5) is 0.0318. The molecule has 1 aromatic heterocycles. The van der Waals surface area contributed by atoms with Crippen molar-refractivity contribution in [1.29, 1.82) is 0 Å². The smallest absolute Gasteiger partial charge is 0.264 e. The maximum Gasteiger partial charge on any atom is 0.264 e. The quantitative estimate of drug-likeness (QED) is 0.749. The van der Waals surface area contributed by atoms with Crippen molar-refractivity contribution >= 4 is 19.7 Å². The van der Waals surface area contributed by atoms with Gasteiger partial charge >= 0.3 is 0 Å². The van der Waals surface area contributed by atoms with E-state index in [2.05, 4.69) is 5.10 Å². The summed E-state index contributed by atoms with van der Waals surface area (Å²) < 4.78 is 29.8. The minimum absolute atomic E-state index is 0.0318. The molecule has 0 aromatic carbocycles. The Balaban J connectivity index is 2.99. The van der Waals surface area contributed by atoms with Crippen LogP contribution in [-0.4, -0.2) is 24.3 Å². The number of hydrogen-bond acceptors (Lipinski definition) is 4. The molecule has 0 aliphatic heterocycles. The van der Waals surface area contributed by atoms with Crippen LogP contribution in [0.5, 0.6) is 0 Å². The van der Waals surface area contributed by atoms with Gasteiger partial charge in [-0.15, -0.1) is 0 Å². The second-order valence-corrected chi connectivity index (χ2v) is 6.27. The average molecular weight is 281 g/mol. The van der Waals surface area contributed by atoms with Gasteiger partial charge in [-0.25, -0.2) is 8.42 Å². The summed E-state index contributed by atoms with van der Waals surface area (Å²) >= 11 is 0. The van der Waals surface area contributed by atoms with Gasteiger partial charge in [-0.1, -0.05) is 6.92 Å². The zero-order chi connectivity index (χ0) is 13.1. The van der Waals surface area contributed by atoms with Crippen molar-refractivity contribution in [2.24, 2.45) is 0 Å². The van der Waals surface area contributed by atoms with Gasteiger partial charge in [0.1, 0.15) is 4.90 Å². The molecule has 0 saturated heterocycles. The van der Waals surface area contributed by atoms with Crippen LogP contribution in [0.15, 0.2) is 11.1 Å². The summed E-state index contributed by atoms with van der Waals surface area (Å²) in [6, 6.07) is 0. The molecule has 0 aliphatic rings. The summed E-state index contributed by atoms with van der Waals surface area (Å²) in [6.45, 7) is 6.59. The third kappa shape index (κ3) is 3.69.